The third kappa shape index (κ3) is 1.69. The van der Waals surface area contributed by atoms with Gasteiger partial charge in [0.05, 0.1) is 10.4 Å². The van der Waals surface area contributed by atoms with Gasteiger partial charge >= 0.3 is 0 Å². The Labute approximate surface area is 107 Å². The van der Waals surface area contributed by atoms with Crippen LogP contribution >= 0.6 is 22.9 Å². The van der Waals surface area contributed by atoms with Crippen molar-refractivity contribution < 1.29 is 5.11 Å². The van der Waals surface area contributed by atoms with Gasteiger partial charge in [0.15, 0.2) is 11.0 Å². The smallest absolute Gasteiger partial charge is 0.156 e. The largest absolute Gasteiger partial charge is 0.508 e. The lowest BCUT2D eigenvalue weighted by molar-refractivity contribution is 0.475. The van der Waals surface area contributed by atoms with Gasteiger partial charge < -0.3 is 5.11 Å². The van der Waals surface area contributed by atoms with Gasteiger partial charge in [-0.1, -0.05) is 11.6 Å². The second kappa shape index (κ2) is 3.75. The Morgan fingerprint density at radius 3 is 2.88 bits per heavy atom. The highest BCUT2D eigenvalue weighted by Crippen LogP contribution is 2.31. The van der Waals surface area contributed by atoms with Crippen LogP contribution in [0.15, 0.2) is 30.5 Å². The minimum absolute atomic E-state index is 0.188. The molecule has 0 spiro atoms. The van der Waals surface area contributed by atoms with Gasteiger partial charge in [-0.2, -0.15) is 0 Å². The lowest BCUT2D eigenvalue weighted by Crippen LogP contribution is -1.85. The fourth-order valence-corrected chi connectivity index (χ4v) is 2.85. The topological polar surface area (TPSA) is 37.5 Å². The van der Waals surface area contributed by atoms with E-state index in [1.807, 2.05) is 10.5 Å². The Bertz CT molecular complexity index is 702. The maximum absolute atomic E-state index is 9.44. The van der Waals surface area contributed by atoms with Crippen LogP contribution in [0.1, 0.15) is 4.88 Å². The van der Waals surface area contributed by atoms with E-state index in [-0.39, 0.29) is 5.75 Å². The van der Waals surface area contributed by atoms with Crippen LogP contribution in [0.25, 0.3) is 16.2 Å². The third-order valence-corrected chi connectivity index (χ3v) is 3.82. The molecular weight excluding hydrogens is 256 g/mol. The molecule has 86 valence electrons. The molecule has 0 fully saturated rings. The molecule has 0 saturated carbocycles. The van der Waals surface area contributed by atoms with E-state index >= 15 is 0 Å². The molecule has 0 bridgehead atoms. The van der Waals surface area contributed by atoms with Crippen LogP contribution in [0, 0.1) is 6.92 Å². The molecule has 0 aromatic carbocycles. The van der Waals surface area contributed by atoms with Crippen LogP contribution in [0.3, 0.4) is 0 Å². The number of aryl methyl sites for hydroxylation is 1. The molecule has 0 aliphatic heterocycles. The molecule has 3 rings (SSSR count). The number of pyridine rings is 1. The van der Waals surface area contributed by atoms with Crippen molar-refractivity contribution in [2.24, 2.45) is 0 Å². The fourth-order valence-electron chi connectivity index (χ4n) is 1.77. The zero-order chi connectivity index (χ0) is 12.0. The molecule has 0 unspecified atom stereocenters. The van der Waals surface area contributed by atoms with E-state index in [0.29, 0.717) is 10.7 Å². The quantitative estimate of drug-likeness (QED) is 0.727. The van der Waals surface area contributed by atoms with E-state index in [9.17, 15) is 5.11 Å². The summed E-state index contributed by atoms with van der Waals surface area (Å²) in [5.41, 5.74) is 0.715. The molecule has 3 nitrogen and oxygen atoms in total. The van der Waals surface area contributed by atoms with Gasteiger partial charge in [0.25, 0.3) is 0 Å². The standard InChI is InChI=1S/C12H9ClN2OS/c1-7-2-3-10(17-7)12-14-11(13)9-6-8(16)4-5-15(9)12/h2-6,16H,1H3. The molecule has 0 radical (unpaired) electrons. The molecule has 3 aromatic rings. The Balaban J connectivity index is 2.31. The van der Waals surface area contributed by atoms with Crippen molar-refractivity contribution in [2.75, 3.05) is 0 Å². The van der Waals surface area contributed by atoms with Gasteiger partial charge in [-0.25, -0.2) is 4.98 Å². The Kier molecular flexibility index (Phi) is 2.34. The van der Waals surface area contributed by atoms with E-state index in [1.54, 1.807) is 29.7 Å². The van der Waals surface area contributed by atoms with Crippen LogP contribution in [-0.2, 0) is 0 Å². The van der Waals surface area contributed by atoms with Crippen molar-refractivity contribution in [3.8, 4) is 16.5 Å². The minimum atomic E-state index is 0.188. The number of aromatic nitrogens is 2. The first-order valence-electron chi connectivity index (χ1n) is 5.08. The third-order valence-electron chi connectivity index (χ3n) is 2.54. The number of fused-ring (bicyclic) bond motifs is 1. The van der Waals surface area contributed by atoms with Gasteiger partial charge in [0.1, 0.15) is 5.75 Å². The number of imidazole rings is 1. The first-order valence-corrected chi connectivity index (χ1v) is 6.28. The predicted octanol–water partition coefficient (Wildman–Crippen LogP) is 3.73. The number of rotatable bonds is 1. The lowest BCUT2D eigenvalue weighted by Gasteiger charge is -1.98. The Morgan fingerprint density at radius 2 is 2.18 bits per heavy atom. The van der Waals surface area contributed by atoms with E-state index in [2.05, 4.69) is 18.0 Å². The summed E-state index contributed by atoms with van der Waals surface area (Å²) in [6, 6.07) is 7.31. The molecule has 3 heterocycles. The van der Waals surface area contributed by atoms with Gasteiger partial charge in [-0.3, -0.25) is 4.40 Å². The normalized spacial score (nSPS) is 11.2. The predicted molar refractivity (Wildman–Crippen MR) is 69.9 cm³/mol. The average molecular weight is 265 g/mol. The van der Waals surface area contributed by atoms with Gasteiger partial charge in [-0.05, 0) is 25.1 Å². The second-order valence-corrected chi connectivity index (χ2v) is 5.42. The molecule has 0 atom stereocenters. The molecule has 17 heavy (non-hydrogen) atoms. The second-order valence-electron chi connectivity index (χ2n) is 3.78. The number of hydrogen-bond donors (Lipinski definition) is 1. The highest BCUT2D eigenvalue weighted by Gasteiger charge is 2.12. The average Bonchev–Trinajstić information content (AvgIpc) is 2.84. The van der Waals surface area contributed by atoms with Crippen molar-refractivity contribution in [3.63, 3.8) is 0 Å². The van der Waals surface area contributed by atoms with Gasteiger partial charge in [0.2, 0.25) is 0 Å². The van der Waals surface area contributed by atoms with E-state index in [0.717, 1.165) is 10.7 Å². The van der Waals surface area contributed by atoms with Crippen LogP contribution in [0.5, 0.6) is 5.75 Å². The Morgan fingerprint density at radius 1 is 1.35 bits per heavy atom. The van der Waals surface area contributed by atoms with Crippen molar-refractivity contribution >= 4 is 28.5 Å². The van der Waals surface area contributed by atoms with E-state index in [4.69, 9.17) is 11.6 Å². The summed E-state index contributed by atoms with van der Waals surface area (Å²) >= 11 is 7.74. The lowest BCUT2D eigenvalue weighted by atomic mass is 10.4. The van der Waals surface area contributed by atoms with Crippen LogP contribution in [0.2, 0.25) is 5.15 Å². The van der Waals surface area contributed by atoms with Crippen molar-refractivity contribution in [3.05, 3.63) is 40.5 Å². The maximum Gasteiger partial charge on any atom is 0.156 e. The number of aromatic hydroxyl groups is 1. The van der Waals surface area contributed by atoms with E-state index < -0.39 is 0 Å². The fraction of sp³-hybridized carbons (Fsp3) is 0.0833. The van der Waals surface area contributed by atoms with Crippen LogP contribution < -0.4 is 0 Å². The molecule has 1 N–H and O–H groups in total. The van der Waals surface area contributed by atoms with Crippen molar-refractivity contribution in [2.45, 2.75) is 6.92 Å². The number of hydrogen-bond acceptors (Lipinski definition) is 3. The van der Waals surface area contributed by atoms with Gasteiger partial charge in [0, 0.05) is 17.1 Å². The SMILES string of the molecule is Cc1ccc(-c2nc(Cl)c3cc(O)ccn23)s1. The summed E-state index contributed by atoms with van der Waals surface area (Å²) in [4.78, 5) is 6.64. The molecule has 0 amide bonds. The minimum Gasteiger partial charge on any atom is -0.508 e. The molecular formula is C12H9ClN2OS. The summed E-state index contributed by atoms with van der Waals surface area (Å²) in [5.74, 6) is 0.997. The summed E-state index contributed by atoms with van der Waals surface area (Å²) in [6.45, 7) is 2.05. The Hall–Kier alpha value is -1.52. The number of halogens is 1. The van der Waals surface area contributed by atoms with Crippen molar-refractivity contribution in [1.82, 2.24) is 9.38 Å². The molecule has 0 saturated heterocycles. The molecule has 0 aliphatic carbocycles. The molecule has 0 aliphatic rings. The monoisotopic (exact) mass is 264 g/mol. The summed E-state index contributed by atoms with van der Waals surface area (Å²) in [5, 5.41) is 9.85. The highest BCUT2D eigenvalue weighted by atomic mass is 35.5. The summed E-state index contributed by atoms with van der Waals surface area (Å²) in [7, 11) is 0. The zero-order valence-corrected chi connectivity index (χ0v) is 10.6. The molecule has 3 aromatic heterocycles. The van der Waals surface area contributed by atoms with Gasteiger partial charge in [-0.15, -0.1) is 11.3 Å². The molecule has 5 heteroatoms. The summed E-state index contributed by atoms with van der Waals surface area (Å²) in [6.07, 6.45) is 1.77. The first-order chi connectivity index (χ1) is 8.15. The summed E-state index contributed by atoms with van der Waals surface area (Å²) < 4.78 is 1.88. The zero-order valence-electron chi connectivity index (χ0n) is 9.01. The van der Waals surface area contributed by atoms with Crippen LogP contribution in [-0.4, -0.2) is 14.5 Å². The number of nitrogens with zero attached hydrogens (tertiary/aromatic N) is 2. The first kappa shape index (κ1) is 10.6. The van der Waals surface area contributed by atoms with Crippen molar-refractivity contribution in [1.29, 1.82) is 0 Å². The highest BCUT2D eigenvalue weighted by molar-refractivity contribution is 7.15. The van der Waals surface area contributed by atoms with E-state index in [1.165, 1.54) is 4.88 Å². The maximum atomic E-state index is 9.44. The van der Waals surface area contributed by atoms with Crippen LogP contribution in [0.4, 0.5) is 0 Å². The number of thiophene rings is 1.